The number of hydrogen-bond acceptors (Lipinski definition) is 2. The van der Waals surface area contributed by atoms with E-state index in [-0.39, 0.29) is 0 Å². The molecule has 2 atom stereocenters. The van der Waals surface area contributed by atoms with Crippen molar-refractivity contribution >= 4 is 0 Å². The minimum Gasteiger partial charge on any atom is -0.337 e. The Balaban J connectivity index is 1.58. The number of hydrogen-bond donors (Lipinski definition) is 1. The smallest absolute Gasteiger partial charge is 0.0945 e. The van der Waals surface area contributed by atoms with Crippen LogP contribution in [0.15, 0.2) is 18.7 Å². The lowest BCUT2D eigenvalue weighted by atomic mass is 9.91. The second-order valence-electron chi connectivity index (χ2n) is 6.62. The molecule has 0 radical (unpaired) electrons. The van der Waals surface area contributed by atoms with Crippen molar-refractivity contribution in [2.75, 3.05) is 6.54 Å². The molecule has 3 nitrogen and oxygen atoms in total. The van der Waals surface area contributed by atoms with Crippen LogP contribution in [0.3, 0.4) is 0 Å². The quantitative estimate of drug-likeness (QED) is 0.785. The zero-order chi connectivity index (χ0) is 13.0. The van der Waals surface area contributed by atoms with E-state index in [1.807, 2.05) is 18.7 Å². The SMILES string of the molecule is CC1CC(C)(C)CC1NCCCCn1ccnc1. The molecule has 0 amide bonds. The highest BCUT2D eigenvalue weighted by Crippen LogP contribution is 2.40. The molecular formula is C15H27N3. The number of rotatable bonds is 6. The van der Waals surface area contributed by atoms with Gasteiger partial charge in [0.2, 0.25) is 0 Å². The van der Waals surface area contributed by atoms with Gasteiger partial charge in [-0.2, -0.15) is 0 Å². The summed E-state index contributed by atoms with van der Waals surface area (Å²) in [6, 6.07) is 0.730. The standard InChI is InChI=1S/C15H27N3/c1-13-10-15(2,3)11-14(13)17-6-4-5-8-18-9-7-16-12-18/h7,9,12-14,17H,4-6,8,10-11H2,1-3H3. The molecule has 1 aromatic heterocycles. The van der Waals surface area contributed by atoms with Crippen LogP contribution in [0.1, 0.15) is 46.5 Å². The van der Waals surface area contributed by atoms with Crippen molar-refractivity contribution in [1.82, 2.24) is 14.9 Å². The maximum absolute atomic E-state index is 4.06. The van der Waals surface area contributed by atoms with Crippen molar-refractivity contribution in [3.8, 4) is 0 Å². The molecular weight excluding hydrogens is 222 g/mol. The van der Waals surface area contributed by atoms with Gasteiger partial charge in [-0.1, -0.05) is 20.8 Å². The molecule has 2 rings (SSSR count). The molecule has 1 saturated carbocycles. The summed E-state index contributed by atoms with van der Waals surface area (Å²) in [6.45, 7) is 9.42. The molecule has 1 aromatic rings. The average molecular weight is 249 g/mol. The second-order valence-corrected chi connectivity index (χ2v) is 6.62. The van der Waals surface area contributed by atoms with E-state index in [9.17, 15) is 0 Å². The van der Waals surface area contributed by atoms with Crippen LogP contribution >= 0.6 is 0 Å². The van der Waals surface area contributed by atoms with E-state index in [0.29, 0.717) is 5.41 Å². The number of unbranched alkanes of at least 4 members (excludes halogenated alkanes) is 1. The molecule has 1 heterocycles. The first-order valence-corrected chi connectivity index (χ1v) is 7.26. The van der Waals surface area contributed by atoms with Crippen LogP contribution in [-0.2, 0) is 6.54 Å². The monoisotopic (exact) mass is 249 g/mol. The molecule has 1 aliphatic carbocycles. The molecule has 1 aliphatic rings. The van der Waals surface area contributed by atoms with Gasteiger partial charge in [0, 0.05) is 25.0 Å². The van der Waals surface area contributed by atoms with Gasteiger partial charge < -0.3 is 9.88 Å². The Labute approximate surface area is 111 Å². The fourth-order valence-electron chi connectivity index (χ4n) is 3.29. The van der Waals surface area contributed by atoms with Gasteiger partial charge in [0.15, 0.2) is 0 Å². The highest BCUT2D eigenvalue weighted by atomic mass is 15.0. The summed E-state index contributed by atoms with van der Waals surface area (Å²) in [4.78, 5) is 4.06. The highest BCUT2D eigenvalue weighted by molar-refractivity contribution is 4.90. The van der Waals surface area contributed by atoms with Crippen molar-refractivity contribution in [2.45, 2.75) is 59.0 Å². The molecule has 0 aliphatic heterocycles. The Bertz CT molecular complexity index is 343. The maximum Gasteiger partial charge on any atom is 0.0945 e. The Hall–Kier alpha value is -0.830. The van der Waals surface area contributed by atoms with Crippen molar-refractivity contribution in [3.63, 3.8) is 0 Å². The largest absolute Gasteiger partial charge is 0.337 e. The Morgan fingerprint density at radius 1 is 1.33 bits per heavy atom. The van der Waals surface area contributed by atoms with E-state index < -0.39 is 0 Å². The van der Waals surface area contributed by atoms with Gasteiger partial charge in [-0.3, -0.25) is 0 Å². The van der Waals surface area contributed by atoms with Gasteiger partial charge in [-0.15, -0.1) is 0 Å². The van der Waals surface area contributed by atoms with Gasteiger partial charge in [-0.05, 0) is 43.6 Å². The van der Waals surface area contributed by atoms with Crippen molar-refractivity contribution in [3.05, 3.63) is 18.7 Å². The fraction of sp³-hybridized carbons (Fsp3) is 0.800. The first-order valence-electron chi connectivity index (χ1n) is 7.26. The molecule has 1 N–H and O–H groups in total. The third kappa shape index (κ3) is 3.84. The van der Waals surface area contributed by atoms with Gasteiger partial charge in [-0.25, -0.2) is 4.98 Å². The van der Waals surface area contributed by atoms with E-state index in [1.54, 1.807) is 0 Å². The maximum atomic E-state index is 4.06. The number of nitrogens with zero attached hydrogens (tertiary/aromatic N) is 2. The van der Waals surface area contributed by atoms with Gasteiger partial charge in [0.1, 0.15) is 0 Å². The first kappa shape index (κ1) is 13.6. The summed E-state index contributed by atoms with van der Waals surface area (Å²) in [5.41, 5.74) is 0.536. The summed E-state index contributed by atoms with van der Waals surface area (Å²) in [5, 5.41) is 3.74. The third-order valence-corrected chi connectivity index (χ3v) is 4.14. The lowest BCUT2D eigenvalue weighted by Crippen LogP contribution is -2.32. The third-order valence-electron chi connectivity index (χ3n) is 4.14. The molecule has 0 spiro atoms. The van der Waals surface area contributed by atoms with E-state index in [4.69, 9.17) is 0 Å². The van der Waals surface area contributed by atoms with Crippen molar-refractivity contribution in [1.29, 1.82) is 0 Å². The van der Waals surface area contributed by atoms with E-state index in [1.165, 1.54) is 25.7 Å². The van der Waals surface area contributed by atoms with Crippen LogP contribution in [-0.4, -0.2) is 22.1 Å². The first-order chi connectivity index (χ1) is 8.57. The van der Waals surface area contributed by atoms with Crippen LogP contribution in [0.25, 0.3) is 0 Å². The molecule has 3 heteroatoms. The van der Waals surface area contributed by atoms with Crippen LogP contribution in [0.4, 0.5) is 0 Å². The highest BCUT2D eigenvalue weighted by Gasteiger charge is 2.35. The summed E-state index contributed by atoms with van der Waals surface area (Å²) in [7, 11) is 0. The Morgan fingerprint density at radius 2 is 2.17 bits per heavy atom. The van der Waals surface area contributed by atoms with Gasteiger partial charge >= 0.3 is 0 Å². The molecule has 102 valence electrons. The molecule has 18 heavy (non-hydrogen) atoms. The van der Waals surface area contributed by atoms with Crippen molar-refractivity contribution in [2.24, 2.45) is 11.3 Å². The van der Waals surface area contributed by atoms with E-state index in [2.05, 4.69) is 35.6 Å². The number of nitrogens with one attached hydrogen (secondary N) is 1. The topological polar surface area (TPSA) is 29.9 Å². The zero-order valence-electron chi connectivity index (χ0n) is 12.0. The number of aryl methyl sites for hydroxylation is 1. The van der Waals surface area contributed by atoms with E-state index >= 15 is 0 Å². The molecule has 1 fully saturated rings. The molecule has 0 saturated heterocycles. The average Bonchev–Trinajstić information content (AvgIpc) is 2.86. The molecule has 2 unspecified atom stereocenters. The molecule has 0 bridgehead atoms. The zero-order valence-corrected chi connectivity index (χ0v) is 12.0. The van der Waals surface area contributed by atoms with Gasteiger partial charge in [0.25, 0.3) is 0 Å². The summed E-state index contributed by atoms with van der Waals surface area (Å²) in [6.07, 6.45) is 11.0. The van der Waals surface area contributed by atoms with Crippen molar-refractivity contribution < 1.29 is 0 Å². The fourth-order valence-corrected chi connectivity index (χ4v) is 3.29. The minimum absolute atomic E-state index is 0.536. The lowest BCUT2D eigenvalue weighted by Gasteiger charge is -2.18. The van der Waals surface area contributed by atoms with E-state index in [0.717, 1.165) is 25.0 Å². The Kier molecular flexibility index (Phi) is 4.44. The number of aromatic nitrogens is 2. The summed E-state index contributed by atoms with van der Waals surface area (Å²) in [5.74, 6) is 0.827. The number of imidazole rings is 1. The second kappa shape index (κ2) is 5.87. The summed E-state index contributed by atoms with van der Waals surface area (Å²) < 4.78 is 2.15. The molecule has 0 aromatic carbocycles. The normalized spacial score (nSPS) is 26.6. The van der Waals surface area contributed by atoms with Crippen LogP contribution < -0.4 is 5.32 Å². The van der Waals surface area contributed by atoms with Gasteiger partial charge in [0.05, 0.1) is 6.33 Å². The van der Waals surface area contributed by atoms with Crippen LogP contribution in [0.5, 0.6) is 0 Å². The predicted molar refractivity (Wildman–Crippen MR) is 75.4 cm³/mol. The summed E-state index contributed by atoms with van der Waals surface area (Å²) >= 11 is 0. The Morgan fingerprint density at radius 3 is 2.78 bits per heavy atom. The predicted octanol–water partition coefficient (Wildman–Crippen LogP) is 3.08. The lowest BCUT2D eigenvalue weighted by molar-refractivity contribution is 0.361. The minimum atomic E-state index is 0.536. The van der Waals surface area contributed by atoms with Crippen LogP contribution in [0, 0.1) is 11.3 Å². The van der Waals surface area contributed by atoms with Crippen LogP contribution in [0.2, 0.25) is 0 Å².